The highest BCUT2D eigenvalue weighted by molar-refractivity contribution is 5.45. The first-order valence-corrected chi connectivity index (χ1v) is 6.86. The van der Waals surface area contributed by atoms with Gasteiger partial charge in [-0.05, 0) is 49.8 Å². The first-order chi connectivity index (χ1) is 9.17. The zero-order valence-corrected chi connectivity index (χ0v) is 12.0. The standard InChI is InChI=1S/C15H24N2O2/c1-10-8-11(2)14(13(9-10)18-3)15(17-16)12-4-6-19-7-5-12/h8-9,12,15,17H,4-7,16H2,1-3H3. The van der Waals surface area contributed by atoms with Crippen molar-refractivity contribution in [1.82, 2.24) is 5.43 Å². The van der Waals surface area contributed by atoms with Gasteiger partial charge in [-0.25, -0.2) is 0 Å². The second-order valence-electron chi connectivity index (χ2n) is 5.29. The van der Waals surface area contributed by atoms with Crippen molar-refractivity contribution in [2.75, 3.05) is 20.3 Å². The molecule has 1 heterocycles. The number of rotatable bonds is 4. The van der Waals surface area contributed by atoms with Crippen molar-refractivity contribution >= 4 is 0 Å². The third kappa shape index (κ3) is 3.08. The zero-order chi connectivity index (χ0) is 13.8. The van der Waals surface area contributed by atoms with Gasteiger partial charge in [0.2, 0.25) is 0 Å². The van der Waals surface area contributed by atoms with E-state index in [1.165, 1.54) is 16.7 Å². The Hall–Kier alpha value is -1.10. The number of nitrogens with one attached hydrogen (secondary N) is 1. The molecular weight excluding hydrogens is 240 g/mol. The summed E-state index contributed by atoms with van der Waals surface area (Å²) in [5.41, 5.74) is 6.61. The smallest absolute Gasteiger partial charge is 0.124 e. The van der Waals surface area contributed by atoms with E-state index < -0.39 is 0 Å². The largest absolute Gasteiger partial charge is 0.496 e. The highest BCUT2D eigenvalue weighted by Gasteiger charge is 2.28. The van der Waals surface area contributed by atoms with Crippen LogP contribution in [0.4, 0.5) is 0 Å². The number of hydrogen-bond acceptors (Lipinski definition) is 4. The first-order valence-electron chi connectivity index (χ1n) is 6.86. The van der Waals surface area contributed by atoms with Crippen molar-refractivity contribution in [3.8, 4) is 5.75 Å². The van der Waals surface area contributed by atoms with E-state index in [4.69, 9.17) is 15.3 Å². The Balaban J connectivity index is 2.36. The molecule has 0 radical (unpaired) electrons. The number of ether oxygens (including phenoxy) is 2. The lowest BCUT2D eigenvalue weighted by Crippen LogP contribution is -2.36. The van der Waals surface area contributed by atoms with E-state index >= 15 is 0 Å². The summed E-state index contributed by atoms with van der Waals surface area (Å²) in [5, 5.41) is 0. The third-order valence-electron chi connectivity index (χ3n) is 3.94. The van der Waals surface area contributed by atoms with Crippen molar-refractivity contribution in [2.24, 2.45) is 11.8 Å². The first kappa shape index (κ1) is 14.3. The molecule has 0 amide bonds. The van der Waals surface area contributed by atoms with Crippen LogP contribution in [-0.2, 0) is 4.74 Å². The van der Waals surface area contributed by atoms with E-state index in [0.717, 1.165) is 31.8 Å². The maximum Gasteiger partial charge on any atom is 0.124 e. The predicted octanol–water partition coefficient (Wildman–Crippen LogP) is 2.24. The van der Waals surface area contributed by atoms with Crippen molar-refractivity contribution < 1.29 is 9.47 Å². The summed E-state index contributed by atoms with van der Waals surface area (Å²) < 4.78 is 11.0. The summed E-state index contributed by atoms with van der Waals surface area (Å²) in [6.07, 6.45) is 2.07. The zero-order valence-electron chi connectivity index (χ0n) is 12.0. The SMILES string of the molecule is COc1cc(C)cc(C)c1C(NN)C1CCOCC1. The number of benzene rings is 1. The summed E-state index contributed by atoms with van der Waals surface area (Å²) in [6, 6.07) is 4.38. The molecule has 0 aliphatic carbocycles. The van der Waals surface area contributed by atoms with Gasteiger partial charge in [0.1, 0.15) is 5.75 Å². The molecule has 1 aliphatic rings. The minimum absolute atomic E-state index is 0.124. The number of hydrogen-bond donors (Lipinski definition) is 2. The molecule has 1 saturated heterocycles. The van der Waals surface area contributed by atoms with E-state index in [9.17, 15) is 0 Å². The van der Waals surface area contributed by atoms with Gasteiger partial charge in [-0.3, -0.25) is 11.3 Å². The molecule has 1 aromatic rings. The fourth-order valence-corrected chi connectivity index (χ4v) is 3.01. The Kier molecular flexibility index (Phi) is 4.80. The predicted molar refractivity (Wildman–Crippen MR) is 76.1 cm³/mol. The van der Waals surface area contributed by atoms with Gasteiger partial charge in [0.25, 0.3) is 0 Å². The molecule has 4 nitrogen and oxygen atoms in total. The molecule has 2 rings (SSSR count). The van der Waals surface area contributed by atoms with Crippen LogP contribution in [0.5, 0.6) is 5.75 Å². The molecule has 3 N–H and O–H groups in total. The Bertz CT molecular complexity index is 428. The highest BCUT2D eigenvalue weighted by atomic mass is 16.5. The van der Waals surface area contributed by atoms with Crippen molar-refractivity contribution in [3.05, 3.63) is 28.8 Å². The maximum absolute atomic E-state index is 5.82. The molecule has 0 aromatic heterocycles. The molecule has 1 fully saturated rings. The van der Waals surface area contributed by atoms with Crippen LogP contribution in [0.3, 0.4) is 0 Å². The number of methoxy groups -OCH3 is 1. The fraction of sp³-hybridized carbons (Fsp3) is 0.600. The molecule has 19 heavy (non-hydrogen) atoms. The van der Waals surface area contributed by atoms with Crippen molar-refractivity contribution in [3.63, 3.8) is 0 Å². The number of aryl methyl sites for hydroxylation is 2. The molecule has 0 spiro atoms. The summed E-state index contributed by atoms with van der Waals surface area (Å²) >= 11 is 0. The topological polar surface area (TPSA) is 56.5 Å². The molecule has 1 aliphatic heterocycles. The summed E-state index contributed by atoms with van der Waals surface area (Å²) in [5.74, 6) is 7.24. The molecule has 1 aromatic carbocycles. The molecule has 0 saturated carbocycles. The van der Waals surface area contributed by atoms with Gasteiger partial charge in [-0.1, -0.05) is 6.07 Å². The van der Waals surface area contributed by atoms with Crippen LogP contribution in [0.1, 0.15) is 35.6 Å². The quantitative estimate of drug-likeness (QED) is 0.647. The third-order valence-corrected chi connectivity index (χ3v) is 3.94. The van der Waals surface area contributed by atoms with Crippen LogP contribution in [-0.4, -0.2) is 20.3 Å². The van der Waals surface area contributed by atoms with Gasteiger partial charge in [-0.15, -0.1) is 0 Å². The monoisotopic (exact) mass is 264 g/mol. The van der Waals surface area contributed by atoms with Gasteiger partial charge >= 0.3 is 0 Å². The Labute approximate surface area is 115 Å². The second-order valence-corrected chi connectivity index (χ2v) is 5.29. The van der Waals surface area contributed by atoms with Crippen LogP contribution >= 0.6 is 0 Å². The van der Waals surface area contributed by atoms with Crippen LogP contribution in [0.15, 0.2) is 12.1 Å². The van der Waals surface area contributed by atoms with Crippen molar-refractivity contribution in [1.29, 1.82) is 0 Å². The van der Waals surface area contributed by atoms with E-state index in [2.05, 4.69) is 31.4 Å². The van der Waals surface area contributed by atoms with Crippen molar-refractivity contribution in [2.45, 2.75) is 32.7 Å². The maximum atomic E-state index is 5.82. The second kappa shape index (κ2) is 6.37. The highest BCUT2D eigenvalue weighted by Crippen LogP contribution is 2.37. The van der Waals surface area contributed by atoms with Gasteiger partial charge in [0, 0.05) is 18.8 Å². The average Bonchev–Trinajstić information content (AvgIpc) is 2.42. The molecule has 1 unspecified atom stereocenters. The van der Waals surface area contributed by atoms with E-state index in [1.54, 1.807) is 7.11 Å². The molecule has 1 atom stereocenters. The summed E-state index contributed by atoms with van der Waals surface area (Å²) in [7, 11) is 1.72. The van der Waals surface area contributed by atoms with Gasteiger partial charge < -0.3 is 9.47 Å². The number of nitrogens with two attached hydrogens (primary N) is 1. The lowest BCUT2D eigenvalue weighted by atomic mass is 9.84. The van der Waals surface area contributed by atoms with E-state index in [0.29, 0.717) is 5.92 Å². The average molecular weight is 264 g/mol. The minimum atomic E-state index is 0.124. The Morgan fingerprint density at radius 3 is 2.58 bits per heavy atom. The molecular formula is C15H24N2O2. The lowest BCUT2D eigenvalue weighted by Gasteiger charge is -2.32. The molecule has 4 heteroatoms. The van der Waals surface area contributed by atoms with Gasteiger partial charge in [-0.2, -0.15) is 0 Å². The molecule has 0 bridgehead atoms. The summed E-state index contributed by atoms with van der Waals surface area (Å²) in [4.78, 5) is 0. The van der Waals surface area contributed by atoms with E-state index in [1.807, 2.05) is 0 Å². The van der Waals surface area contributed by atoms with Crippen LogP contribution in [0.2, 0.25) is 0 Å². The fourth-order valence-electron chi connectivity index (χ4n) is 3.01. The normalized spacial score (nSPS) is 18.3. The lowest BCUT2D eigenvalue weighted by molar-refractivity contribution is 0.0532. The summed E-state index contributed by atoms with van der Waals surface area (Å²) in [6.45, 7) is 5.83. The Morgan fingerprint density at radius 2 is 2.00 bits per heavy atom. The minimum Gasteiger partial charge on any atom is -0.496 e. The number of hydrazine groups is 1. The van der Waals surface area contributed by atoms with Gasteiger partial charge in [0.15, 0.2) is 0 Å². The van der Waals surface area contributed by atoms with Crippen LogP contribution in [0, 0.1) is 19.8 Å². The molecule has 106 valence electrons. The Morgan fingerprint density at radius 1 is 1.32 bits per heavy atom. The van der Waals surface area contributed by atoms with Crippen LogP contribution < -0.4 is 16.0 Å². The van der Waals surface area contributed by atoms with Gasteiger partial charge in [0.05, 0.1) is 13.2 Å². The van der Waals surface area contributed by atoms with Crippen LogP contribution in [0.25, 0.3) is 0 Å². The van der Waals surface area contributed by atoms with E-state index in [-0.39, 0.29) is 6.04 Å².